The van der Waals surface area contributed by atoms with E-state index in [1.807, 2.05) is 6.08 Å². The average molecular weight is 242 g/mol. The van der Waals surface area contributed by atoms with E-state index in [1.165, 1.54) is 17.3 Å². The van der Waals surface area contributed by atoms with Gasteiger partial charge >= 0.3 is 67.1 Å². The van der Waals surface area contributed by atoms with Crippen LogP contribution in [0.25, 0.3) is 0 Å². The Balaban J connectivity index is 2.82. The zero-order chi connectivity index (χ0) is 6.95. The molecule has 0 aromatic heterocycles. The van der Waals surface area contributed by atoms with Crippen LogP contribution in [0.1, 0.15) is 19.8 Å². The minimum absolute atomic E-state index is 0.117. The summed E-state index contributed by atoms with van der Waals surface area (Å²) in [5.41, 5.74) is 0. The first-order valence-corrected chi connectivity index (χ1v) is 6.28. The standard InChI is InChI=1S/C7H14OTe/c1-2-3-6-9-7-4-5-8/h4,7-8H,2-3,5-6H2,1H3/b7-4+. The van der Waals surface area contributed by atoms with Crippen molar-refractivity contribution in [1.29, 1.82) is 0 Å². The Hall–Kier alpha value is 0.490. The number of unbranched alkanes of at least 4 members (excludes halogenated alkanes) is 1. The van der Waals surface area contributed by atoms with Gasteiger partial charge in [0.05, 0.1) is 0 Å². The molecule has 0 saturated heterocycles. The van der Waals surface area contributed by atoms with Crippen molar-refractivity contribution >= 4 is 20.9 Å². The van der Waals surface area contributed by atoms with Gasteiger partial charge < -0.3 is 0 Å². The Morgan fingerprint density at radius 3 is 2.89 bits per heavy atom. The molecule has 0 heterocycles. The summed E-state index contributed by atoms with van der Waals surface area (Å²) >= 11 is 0.117. The van der Waals surface area contributed by atoms with Crippen LogP contribution >= 0.6 is 0 Å². The SMILES string of the molecule is CCCC[Te]/C=C/CO. The molecule has 0 aromatic carbocycles. The maximum absolute atomic E-state index is 8.36. The van der Waals surface area contributed by atoms with Crippen LogP contribution in [-0.2, 0) is 0 Å². The zero-order valence-electron chi connectivity index (χ0n) is 5.84. The van der Waals surface area contributed by atoms with Crippen LogP contribution in [0.4, 0.5) is 0 Å². The molecule has 2 heteroatoms. The fourth-order valence-corrected chi connectivity index (χ4v) is 2.73. The van der Waals surface area contributed by atoms with Gasteiger partial charge in [-0.1, -0.05) is 0 Å². The molecule has 0 fully saturated rings. The fourth-order valence-electron chi connectivity index (χ4n) is 0.407. The molecule has 0 aliphatic rings. The van der Waals surface area contributed by atoms with Crippen molar-refractivity contribution < 1.29 is 5.11 Å². The number of aliphatic hydroxyl groups excluding tert-OH is 1. The van der Waals surface area contributed by atoms with Crippen LogP contribution in [0, 0.1) is 0 Å². The first kappa shape index (κ1) is 9.49. The summed E-state index contributed by atoms with van der Waals surface area (Å²) in [4.78, 5) is 0. The quantitative estimate of drug-likeness (QED) is 0.570. The van der Waals surface area contributed by atoms with Crippen LogP contribution < -0.4 is 0 Å². The fraction of sp³-hybridized carbons (Fsp3) is 0.714. The molecular formula is C7H14OTe. The summed E-state index contributed by atoms with van der Waals surface area (Å²) in [6.45, 7) is 2.43. The van der Waals surface area contributed by atoms with Gasteiger partial charge in [0.25, 0.3) is 0 Å². The van der Waals surface area contributed by atoms with Gasteiger partial charge in [0.2, 0.25) is 0 Å². The zero-order valence-corrected chi connectivity index (χ0v) is 8.17. The van der Waals surface area contributed by atoms with E-state index in [-0.39, 0.29) is 27.5 Å². The van der Waals surface area contributed by atoms with Crippen LogP contribution in [0.2, 0.25) is 4.47 Å². The molecule has 0 atom stereocenters. The number of hydrogen-bond acceptors (Lipinski definition) is 1. The molecule has 0 aliphatic carbocycles. The maximum atomic E-state index is 8.36. The third kappa shape index (κ3) is 8.49. The van der Waals surface area contributed by atoms with Gasteiger partial charge in [0.15, 0.2) is 0 Å². The van der Waals surface area contributed by atoms with E-state index < -0.39 is 0 Å². The van der Waals surface area contributed by atoms with Gasteiger partial charge in [0, 0.05) is 0 Å². The summed E-state index contributed by atoms with van der Waals surface area (Å²) < 4.78 is 3.55. The van der Waals surface area contributed by atoms with Crippen molar-refractivity contribution in [3.8, 4) is 0 Å². The molecule has 0 aliphatic heterocycles. The average Bonchev–Trinajstić information content (AvgIpc) is 1.89. The van der Waals surface area contributed by atoms with Gasteiger partial charge in [-0.05, 0) is 0 Å². The molecule has 0 saturated carbocycles. The number of hydrogen-bond donors (Lipinski definition) is 1. The van der Waals surface area contributed by atoms with Crippen LogP contribution in [0.3, 0.4) is 0 Å². The van der Waals surface area contributed by atoms with Crippen molar-refractivity contribution in [3.63, 3.8) is 0 Å². The topological polar surface area (TPSA) is 20.2 Å². The van der Waals surface area contributed by atoms with Crippen molar-refractivity contribution in [2.45, 2.75) is 24.2 Å². The van der Waals surface area contributed by atoms with E-state index in [9.17, 15) is 0 Å². The Kier molecular flexibility index (Phi) is 8.95. The van der Waals surface area contributed by atoms with Gasteiger partial charge in [-0.25, -0.2) is 0 Å². The summed E-state index contributed by atoms with van der Waals surface area (Å²) in [7, 11) is 0. The molecule has 1 nitrogen and oxygen atoms in total. The molecule has 0 unspecified atom stereocenters. The monoisotopic (exact) mass is 244 g/mol. The molecule has 0 aromatic rings. The molecule has 0 radical (unpaired) electrons. The molecule has 1 N–H and O–H groups in total. The van der Waals surface area contributed by atoms with Crippen molar-refractivity contribution in [1.82, 2.24) is 0 Å². The molecule has 0 rings (SSSR count). The van der Waals surface area contributed by atoms with Gasteiger partial charge in [0.1, 0.15) is 0 Å². The van der Waals surface area contributed by atoms with Crippen molar-refractivity contribution in [2.24, 2.45) is 0 Å². The normalized spacial score (nSPS) is 10.9. The number of aliphatic hydroxyl groups is 1. The van der Waals surface area contributed by atoms with E-state index in [4.69, 9.17) is 5.11 Å². The first-order valence-electron chi connectivity index (χ1n) is 3.29. The predicted octanol–water partition coefficient (Wildman–Crippen LogP) is 1.41. The van der Waals surface area contributed by atoms with Crippen molar-refractivity contribution in [2.75, 3.05) is 6.61 Å². The molecule has 9 heavy (non-hydrogen) atoms. The Labute approximate surface area is 67.2 Å². The van der Waals surface area contributed by atoms with Crippen LogP contribution in [0.15, 0.2) is 10.2 Å². The predicted molar refractivity (Wildman–Crippen MR) is 41.7 cm³/mol. The Morgan fingerprint density at radius 2 is 2.33 bits per heavy atom. The van der Waals surface area contributed by atoms with Gasteiger partial charge in [-0.2, -0.15) is 0 Å². The second-order valence-corrected chi connectivity index (χ2v) is 4.67. The third-order valence-electron chi connectivity index (χ3n) is 0.914. The Bertz CT molecular complexity index is 71.3. The van der Waals surface area contributed by atoms with E-state index >= 15 is 0 Å². The second-order valence-electron chi connectivity index (χ2n) is 1.78. The number of rotatable bonds is 5. The minimum atomic E-state index is 0.117. The molecular weight excluding hydrogens is 228 g/mol. The molecule has 0 bridgehead atoms. The first-order chi connectivity index (χ1) is 4.41. The van der Waals surface area contributed by atoms with Crippen LogP contribution in [-0.4, -0.2) is 32.6 Å². The van der Waals surface area contributed by atoms with E-state index in [0.717, 1.165) is 0 Å². The molecule has 54 valence electrons. The van der Waals surface area contributed by atoms with E-state index in [2.05, 4.69) is 11.0 Å². The second kappa shape index (κ2) is 8.49. The summed E-state index contributed by atoms with van der Waals surface area (Å²) in [5, 5.41) is 8.36. The van der Waals surface area contributed by atoms with Crippen LogP contribution in [0.5, 0.6) is 0 Å². The molecule has 0 amide bonds. The van der Waals surface area contributed by atoms with Gasteiger partial charge in [-0.15, -0.1) is 0 Å². The summed E-state index contributed by atoms with van der Waals surface area (Å²) in [5.74, 6) is 0. The van der Waals surface area contributed by atoms with Crippen molar-refractivity contribution in [3.05, 3.63) is 10.2 Å². The molecule has 0 spiro atoms. The Morgan fingerprint density at radius 1 is 1.56 bits per heavy atom. The summed E-state index contributed by atoms with van der Waals surface area (Å²) in [6.07, 6.45) is 4.52. The summed E-state index contributed by atoms with van der Waals surface area (Å²) in [6, 6.07) is 0. The third-order valence-corrected chi connectivity index (χ3v) is 3.51. The van der Waals surface area contributed by atoms with Gasteiger partial charge in [-0.3, -0.25) is 0 Å². The van der Waals surface area contributed by atoms with E-state index in [1.54, 1.807) is 0 Å². The van der Waals surface area contributed by atoms with E-state index in [0.29, 0.717) is 0 Å².